The SMILES string of the molecule is O=C(CC1C=CCC1)N1CCC(c2nc3c(c(=O)[nH]2)CN(Cc2cccs2)CC3)CC1. The molecule has 0 aromatic carbocycles. The number of piperidine rings is 1. The molecule has 1 fully saturated rings. The van der Waals surface area contributed by atoms with E-state index in [0.717, 1.165) is 75.4 Å². The number of hydrogen-bond donors (Lipinski definition) is 1. The van der Waals surface area contributed by atoms with Crippen LogP contribution in [0, 0.1) is 5.92 Å². The van der Waals surface area contributed by atoms with Gasteiger partial charge in [0.2, 0.25) is 5.91 Å². The zero-order valence-corrected chi connectivity index (χ0v) is 18.7. The second kappa shape index (κ2) is 9.09. The zero-order chi connectivity index (χ0) is 21.2. The van der Waals surface area contributed by atoms with Gasteiger partial charge >= 0.3 is 0 Å². The number of allylic oxidation sites excluding steroid dienone is 2. The second-order valence-electron chi connectivity index (χ2n) is 9.04. The van der Waals surface area contributed by atoms with Crippen LogP contribution in [0.3, 0.4) is 0 Å². The number of likely N-dealkylation sites (tertiary alicyclic amines) is 1. The Balaban J connectivity index is 1.20. The fraction of sp³-hybridized carbons (Fsp3) is 0.542. The first-order valence-corrected chi connectivity index (χ1v) is 12.3. The van der Waals surface area contributed by atoms with Gasteiger partial charge in [0, 0.05) is 56.4 Å². The summed E-state index contributed by atoms with van der Waals surface area (Å²) in [5.74, 6) is 1.75. The second-order valence-corrected chi connectivity index (χ2v) is 10.1. The smallest absolute Gasteiger partial charge is 0.255 e. The number of carbonyl (C=O) groups is 1. The molecule has 1 N–H and O–H groups in total. The third-order valence-corrected chi connectivity index (χ3v) is 7.77. The molecule has 5 rings (SSSR count). The Hall–Kier alpha value is -2.25. The molecular formula is C24H30N4O2S. The molecule has 1 unspecified atom stereocenters. The molecule has 4 heterocycles. The lowest BCUT2D eigenvalue weighted by Gasteiger charge is -2.33. The summed E-state index contributed by atoms with van der Waals surface area (Å²) < 4.78 is 0. The van der Waals surface area contributed by atoms with Crippen molar-refractivity contribution >= 4 is 17.2 Å². The van der Waals surface area contributed by atoms with E-state index in [0.29, 0.717) is 18.9 Å². The average Bonchev–Trinajstić information content (AvgIpc) is 3.48. The Labute approximate surface area is 187 Å². The average molecular weight is 439 g/mol. The van der Waals surface area contributed by atoms with Crippen molar-refractivity contribution in [2.75, 3.05) is 19.6 Å². The van der Waals surface area contributed by atoms with Crippen LogP contribution < -0.4 is 5.56 Å². The topological polar surface area (TPSA) is 69.3 Å². The van der Waals surface area contributed by atoms with Crippen LogP contribution in [-0.4, -0.2) is 45.3 Å². The lowest BCUT2D eigenvalue weighted by atomic mass is 9.94. The molecule has 7 heteroatoms. The predicted molar refractivity (Wildman–Crippen MR) is 122 cm³/mol. The highest BCUT2D eigenvalue weighted by atomic mass is 32.1. The molecule has 1 atom stereocenters. The number of carbonyl (C=O) groups excluding carboxylic acids is 1. The molecular weight excluding hydrogens is 408 g/mol. The molecule has 31 heavy (non-hydrogen) atoms. The van der Waals surface area contributed by atoms with Gasteiger partial charge in [-0.15, -0.1) is 11.3 Å². The van der Waals surface area contributed by atoms with E-state index >= 15 is 0 Å². The van der Waals surface area contributed by atoms with Crippen molar-refractivity contribution in [1.82, 2.24) is 19.8 Å². The van der Waals surface area contributed by atoms with Gasteiger partial charge in [0.15, 0.2) is 0 Å². The van der Waals surface area contributed by atoms with E-state index < -0.39 is 0 Å². The van der Waals surface area contributed by atoms with Crippen LogP contribution in [0.4, 0.5) is 0 Å². The third-order valence-electron chi connectivity index (χ3n) is 6.91. The molecule has 0 spiro atoms. The lowest BCUT2D eigenvalue weighted by molar-refractivity contribution is -0.132. The number of hydrogen-bond acceptors (Lipinski definition) is 5. The van der Waals surface area contributed by atoms with Crippen molar-refractivity contribution in [3.05, 3.63) is 62.0 Å². The first-order chi connectivity index (χ1) is 15.2. The minimum absolute atomic E-state index is 0.0161. The number of nitrogens with zero attached hydrogens (tertiary/aromatic N) is 3. The van der Waals surface area contributed by atoms with E-state index in [1.807, 2.05) is 4.90 Å². The largest absolute Gasteiger partial charge is 0.343 e. The van der Waals surface area contributed by atoms with Gasteiger partial charge in [-0.3, -0.25) is 14.5 Å². The Morgan fingerprint density at radius 2 is 2.10 bits per heavy atom. The highest BCUT2D eigenvalue weighted by Gasteiger charge is 2.28. The van der Waals surface area contributed by atoms with Crippen LogP contribution in [0.1, 0.15) is 60.0 Å². The quantitative estimate of drug-likeness (QED) is 0.726. The van der Waals surface area contributed by atoms with E-state index in [1.54, 1.807) is 11.3 Å². The first-order valence-electron chi connectivity index (χ1n) is 11.5. The first kappa shape index (κ1) is 20.6. The van der Waals surface area contributed by atoms with E-state index in [2.05, 4.69) is 39.5 Å². The molecule has 2 aromatic rings. The number of rotatable bonds is 5. The molecule has 2 aromatic heterocycles. The summed E-state index contributed by atoms with van der Waals surface area (Å²) in [5, 5.41) is 2.10. The zero-order valence-electron chi connectivity index (χ0n) is 17.9. The van der Waals surface area contributed by atoms with Crippen LogP contribution >= 0.6 is 11.3 Å². The predicted octanol–water partition coefficient (Wildman–Crippen LogP) is 3.45. The number of nitrogens with one attached hydrogen (secondary N) is 1. The molecule has 2 aliphatic heterocycles. The maximum Gasteiger partial charge on any atom is 0.255 e. The highest BCUT2D eigenvalue weighted by molar-refractivity contribution is 7.09. The summed E-state index contributed by atoms with van der Waals surface area (Å²) in [6, 6.07) is 4.22. The number of amides is 1. The van der Waals surface area contributed by atoms with Crippen LogP contribution in [0.25, 0.3) is 0 Å². The van der Waals surface area contributed by atoms with E-state index in [1.165, 1.54) is 4.88 Å². The Morgan fingerprint density at radius 1 is 1.23 bits per heavy atom. The van der Waals surface area contributed by atoms with E-state index in [-0.39, 0.29) is 17.4 Å². The van der Waals surface area contributed by atoms with Crippen molar-refractivity contribution in [1.29, 1.82) is 0 Å². The van der Waals surface area contributed by atoms with Gasteiger partial charge in [0.25, 0.3) is 5.56 Å². The number of fused-ring (bicyclic) bond motifs is 1. The van der Waals surface area contributed by atoms with Crippen LogP contribution in [-0.2, 0) is 24.3 Å². The summed E-state index contributed by atoms with van der Waals surface area (Å²) >= 11 is 1.76. The van der Waals surface area contributed by atoms with E-state index in [9.17, 15) is 9.59 Å². The molecule has 1 amide bonds. The number of H-pyrrole nitrogens is 1. The fourth-order valence-corrected chi connectivity index (χ4v) is 5.82. The molecule has 3 aliphatic rings. The standard InChI is InChI=1S/C24H30N4O2S/c29-22(14-17-4-1-2-5-17)28-11-7-18(8-12-28)23-25-21-9-10-27(15-19-6-3-13-31-19)16-20(21)24(30)26-23/h1,3-4,6,13,17-18H,2,5,7-12,14-16H2,(H,25,26,30). The summed E-state index contributed by atoms with van der Waals surface area (Å²) in [7, 11) is 0. The van der Waals surface area contributed by atoms with Gasteiger partial charge in [-0.25, -0.2) is 4.98 Å². The van der Waals surface area contributed by atoms with Crippen LogP contribution in [0.2, 0.25) is 0 Å². The third kappa shape index (κ3) is 4.67. The molecule has 1 aliphatic carbocycles. The highest BCUT2D eigenvalue weighted by Crippen LogP contribution is 2.28. The maximum atomic E-state index is 12.9. The van der Waals surface area contributed by atoms with Gasteiger partial charge in [-0.05, 0) is 43.0 Å². The van der Waals surface area contributed by atoms with Crippen molar-refractivity contribution in [2.45, 2.75) is 57.5 Å². The number of aromatic nitrogens is 2. The number of thiophene rings is 1. The van der Waals surface area contributed by atoms with Gasteiger partial charge in [-0.2, -0.15) is 0 Å². The normalized spacial score (nSPS) is 22.1. The van der Waals surface area contributed by atoms with Gasteiger partial charge < -0.3 is 9.88 Å². The monoisotopic (exact) mass is 438 g/mol. The Kier molecular flexibility index (Phi) is 6.05. The summed E-state index contributed by atoms with van der Waals surface area (Å²) in [4.78, 5) is 39.1. The Bertz CT molecular complexity index is 1010. The minimum atomic E-state index is 0.0161. The summed E-state index contributed by atoms with van der Waals surface area (Å²) in [5.41, 5.74) is 1.80. The van der Waals surface area contributed by atoms with Crippen molar-refractivity contribution in [3.8, 4) is 0 Å². The van der Waals surface area contributed by atoms with Crippen molar-refractivity contribution in [2.24, 2.45) is 5.92 Å². The molecule has 1 saturated heterocycles. The Morgan fingerprint density at radius 3 is 2.84 bits per heavy atom. The van der Waals surface area contributed by atoms with E-state index in [4.69, 9.17) is 4.98 Å². The van der Waals surface area contributed by atoms with Crippen LogP contribution in [0.5, 0.6) is 0 Å². The number of aromatic amines is 1. The van der Waals surface area contributed by atoms with Crippen molar-refractivity contribution in [3.63, 3.8) is 0 Å². The maximum absolute atomic E-state index is 12.9. The van der Waals surface area contributed by atoms with Gasteiger partial charge in [-0.1, -0.05) is 18.2 Å². The van der Waals surface area contributed by atoms with Gasteiger partial charge in [0.05, 0.1) is 11.3 Å². The van der Waals surface area contributed by atoms with Crippen molar-refractivity contribution < 1.29 is 4.79 Å². The van der Waals surface area contributed by atoms with Crippen LogP contribution in [0.15, 0.2) is 34.5 Å². The summed E-state index contributed by atoms with van der Waals surface area (Å²) in [6.45, 7) is 4.01. The molecule has 0 bridgehead atoms. The molecule has 6 nitrogen and oxygen atoms in total. The molecule has 0 radical (unpaired) electrons. The minimum Gasteiger partial charge on any atom is -0.343 e. The summed E-state index contributed by atoms with van der Waals surface area (Å²) in [6.07, 6.45) is 9.78. The molecule has 164 valence electrons. The molecule has 0 saturated carbocycles. The fourth-order valence-electron chi connectivity index (χ4n) is 5.07. The lowest BCUT2D eigenvalue weighted by Crippen LogP contribution is -2.40. The van der Waals surface area contributed by atoms with Gasteiger partial charge in [0.1, 0.15) is 5.82 Å².